The van der Waals surface area contributed by atoms with E-state index >= 15 is 0 Å². The van der Waals surface area contributed by atoms with Crippen molar-refractivity contribution in [3.63, 3.8) is 0 Å². The summed E-state index contributed by atoms with van der Waals surface area (Å²) in [5.74, 6) is 0.898. The van der Waals surface area contributed by atoms with Crippen LogP contribution in [-0.2, 0) is 17.8 Å². The number of halogens is 2. The SMILES string of the molecule is O=C(CSc1nnc(COc2ccc(Cl)cc2)n1-c1ccccc1)Nc1ncc(Cc2ccc(F)cc2)s1. The second-order valence-corrected chi connectivity index (χ2v) is 10.6. The van der Waals surface area contributed by atoms with Gasteiger partial charge in [-0.05, 0) is 54.1 Å². The van der Waals surface area contributed by atoms with Gasteiger partial charge in [-0.25, -0.2) is 9.37 Å². The highest BCUT2D eigenvalue weighted by atomic mass is 35.5. The van der Waals surface area contributed by atoms with Gasteiger partial charge in [-0.1, -0.05) is 53.7 Å². The molecule has 0 atom stereocenters. The molecule has 5 aromatic rings. The molecule has 0 aliphatic carbocycles. The summed E-state index contributed by atoms with van der Waals surface area (Å²) in [6, 6.07) is 23.1. The van der Waals surface area contributed by atoms with Gasteiger partial charge in [-0.3, -0.25) is 9.36 Å². The lowest BCUT2D eigenvalue weighted by atomic mass is 10.1. The van der Waals surface area contributed by atoms with E-state index < -0.39 is 0 Å². The second kappa shape index (κ2) is 12.2. The van der Waals surface area contributed by atoms with Crippen LogP contribution in [0.4, 0.5) is 9.52 Å². The topological polar surface area (TPSA) is 81.9 Å². The molecule has 2 heterocycles. The molecule has 38 heavy (non-hydrogen) atoms. The summed E-state index contributed by atoms with van der Waals surface area (Å²) in [6.07, 6.45) is 2.33. The zero-order chi connectivity index (χ0) is 26.3. The quantitative estimate of drug-likeness (QED) is 0.197. The van der Waals surface area contributed by atoms with Crippen molar-refractivity contribution in [2.75, 3.05) is 11.1 Å². The Morgan fingerprint density at radius 1 is 1.03 bits per heavy atom. The smallest absolute Gasteiger partial charge is 0.236 e. The van der Waals surface area contributed by atoms with E-state index in [9.17, 15) is 9.18 Å². The van der Waals surface area contributed by atoms with E-state index in [4.69, 9.17) is 16.3 Å². The molecule has 0 aliphatic heterocycles. The van der Waals surface area contributed by atoms with Crippen LogP contribution in [-0.4, -0.2) is 31.4 Å². The molecule has 0 spiro atoms. The Morgan fingerprint density at radius 3 is 2.55 bits per heavy atom. The van der Waals surface area contributed by atoms with Crippen LogP contribution in [0.15, 0.2) is 90.2 Å². The maximum Gasteiger partial charge on any atom is 0.236 e. The molecule has 0 fully saturated rings. The summed E-state index contributed by atoms with van der Waals surface area (Å²) in [4.78, 5) is 17.9. The average molecular weight is 566 g/mol. The van der Waals surface area contributed by atoms with E-state index in [1.807, 2.05) is 34.9 Å². The number of carbonyl (C=O) groups excluding carboxylic acids is 1. The Balaban J connectivity index is 1.23. The lowest BCUT2D eigenvalue weighted by molar-refractivity contribution is -0.113. The highest BCUT2D eigenvalue weighted by Crippen LogP contribution is 2.25. The third-order valence-corrected chi connectivity index (χ3v) is 7.41. The molecular weight excluding hydrogens is 545 g/mol. The van der Waals surface area contributed by atoms with Crippen molar-refractivity contribution in [3.05, 3.63) is 112 Å². The molecule has 0 aliphatic rings. The molecule has 1 N–H and O–H groups in total. The number of aromatic nitrogens is 4. The number of anilines is 1. The summed E-state index contributed by atoms with van der Waals surface area (Å²) in [6.45, 7) is 0.187. The predicted octanol–water partition coefficient (Wildman–Crippen LogP) is 6.42. The number of nitrogens with one attached hydrogen (secondary N) is 1. The van der Waals surface area contributed by atoms with Gasteiger partial charge in [0.2, 0.25) is 5.91 Å². The number of benzene rings is 3. The Hall–Kier alpha value is -3.73. The van der Waals surface area contributed by atoms with Crippen molar-refractivity contribution in [1.29, 1.82) is 0 Å². The van der Waals surface area contributed by atoms with Gasteiger partial charge in [0.25, 0.3) is 0 Å². The first kappa shape index (κ1) is 25.9. The molecular formula is C27H21ClFN5O2S2. The molecule has 0 saturated heterocycles. The zero-order valence-corrected chi connectivity index (χ0v) is 22.3. The summed E-state index contributed by atoms with van der Waals surface area (Å²) in [5.41, 5.74) is 1.83. The molecule has 3 aromatic carbocycles. The number of nitrogens with zero attached hydrogens (tertiary/aromatic N) is 4. The van der Waals surface area contributed by atoms with Crippen LogP contribution in [0.5, 0.6) is 5.75 Å². The number of thioether (sulfide) groups is 1. The van der Waals surface area contributed by atoms with Gasteiger partial charge in [-0.15, -0.1) is 21.5 Å². The van der Waals surface area contributed by atoms with Crippen LogP contribution < -0.4 is 10.1 Å². The number of hydrogen-bond acceptors (Lipinski definition) is 7. The minimum Gasteiger partial charge on any atom is -0.486 e. The molecule has 0 bridgehead atoms. The van der Waals surface area contributed by atoms with E-state index in [1.165, 1.54) is 35.2 Å². The van der Waals surface area contributed by atoms with Gasteiger partial charge >= 0.3 is 0 Å². The zero-order valence-electron chi connectivity index (χ0n) is 19.9. The van der Waals surface area contributed by atoms with Gasteiger partial charge < -0.3 is 10.1 Å². The first-order valence-corrected chi connectivity index (χ1v) is 13.7. The van der Waals surface area contributed by atoms with Crippen molar-refractivity contribution in [2.45, 2.75) is 18.2 Å². The highest BCUT2D eigenvalue weighted by molar-refractivity contribution is 7.99. The predicted molar refractivity (Wildman–Crippen MR) is 148 cm³/mol. The van der Waals surface area contributed by atoms with Crippen molar-refractivity contribution >= 4 is 45.7 Å². The summed E-state index contributed by atoms with van der Waals surface area (Å²) in [7, 11) is 0. The van der Waals surface area contributed by atoms with Crippen LogP contribution in [0.3, 0.4) is 0 Å². The van der Waals surface area contributed by atoms with E-state index in [2.05, 4.69) is 20.5 Å². The minimum atomic E-state index is -0.271. The highest BCUT2D eigenvalue weighted by Gasteiger charge is 2.17. The van der Waals surface area contributed by atoms with Crippen LogP contribution in [0, 0.1) is 5.82 Å². The monoisotopic (exact) mass is 565 g/mol. The van der Waals surface area contributed by atoms with Gasteiger partial charge in [0.05, 0.1) is 5.75 Å². The number of ether oxygens (including phenoxy) is 1. The fourth-order valence-electron chi connectivity index (χ4n) is 3.54. The molecule has 0 radical (unpaired) electrons. The Kier molecular flexibility index (Phi) is 8.32. The van der Waals surface area contributed by atoms with E-state index in [1.54, 1.807) is 42.6 Å². The number of thiazole rings is 1. The number of para-hydroxylation sites is 1. The first-order valence-electron chi connectivity index (χ1n) is 11.5. The molecule has 192 valence electrons. The van der Waals surface area contributed by atoms with Gasteiger partial charge in [0, 0.05) is 28.2 Å². The lowest BCUT2D eigenvalue weighted by Gasteiger charge is -2.11. The van der Waals surface area contributed by atoms with Gasteiger partial charge in [-0.2, -0.15) is 0 Å². The number of carbonyl (C=O) groups is 1. The molecule has 7 nitrogen and oxygen atoms in total. The average Bonchev–Trinajstić information content (AvgIpc) is 3.55. The van der Waals surface area contributed by atoms with Crippen LogP contribution >= 0.6 is 34.7 Å². The first-order chi connectivity index (χ1) is 18.5. The van der Waals surface area contributed by atoms with Crippen molar-refractivity contribution in [1.82, 2.24) is 19.7 Å². The van der Waals surface area contributed by atoms with Crippen LogP contribution in [0.2, 0.25) is 5.02 Å². The van der Waals surface area contributed by atoms with E-state index in [0.29, 0.717) is 33.3 Å². The number of hydrogen-bond donors (Lipinski definition) is 1. The van der Waals surface area contributed by atoms with E-state index in [0.717, 1.165) is 16.1 Å². The fraction of sp³-hybridized carbons (Fsp3) is 0.111. The van der Waals surface area contributed by atoms with Crippen LogP contribution in [0.1, 0.15) is 16.3 Å². The van der Waals surface area contributed by atoms with Crippen molar-refractivity contribution in [2.24, 2.45) is 0 Å². The molecule has 1 amide bonds. The summed E-state index contributed by atoms with van der Waals surface area (Å²) < 4.78 is 20.9. The minimum absolute atomic E-state index is 0.121. The number of amides is 1. The van der Waals surface area contributed by atoms with E-state index in [-0.39, 0.29) is 24.1 Å². The normalized spacial score (nSPS) is 10.9. The van der Waals surface area contributed by atoms with Crippen molar-refractivity contribution < 1.29 is 13.9 Å². The standard InChI is InChI=1S/C27H21ClFN5O2S2/c28-19-8-12-22(13-9-19)36-16-24-32-33-27(34(24)21-4-2-1-3-5-21)37-17-25(35)31-26-30-15-23(38-26)14-18-6-10-20(29)11-7-18/h1-13,15H,14,16-17H2,(H,30,31,35). The summed E-state index contributed by atoms with van der Waals surface area (Å²) >= 11 is 8.61. The Morgan fingerprint density at radius 2 is 1.79 bits per heavy atom. The maximum atomic E-state index is 13.1. The Labute approximate surface area is 231 Å². The molecule has 0 saturated carbocycles. The van der Waals surface area contributed by atoms with Crippen LogP contribution in [0.25, 0.3) is 5.69 Å². The molecule has 0 unspecified atom stereocenters. The van der Waals surface area contributed by atoms with Crippen molar-refractivity contribution in [3.8, 4) is 11.4 Å². The summed E-state index contributed by atoms with van der Waals surface area (Å²) in [5, 5.41) is 13.2. The molecule has 2 aromatic heterocycles. The Bertz CT molecular complexity index is 1510. The maximum absolute atomic E-state index is 13.1. The van der Waals surface area contributed by atoms with Gasteiger partial charge in [0.1, 0.15) is 18.2 Å². The third-order valence-electron chi connectivity index (χ3n) is 5.32. The third kappa shape index (κ3) is 6.77. The second-order valence-electron chi connectivity index (χ2n) is 8.08. The lowest BCUT2D eigenvalue weighted by Crippen LogP contribution is -2.14. The molecule has 11 heteroatoms. The largest absolute Gasteiger partial charge is 0.486 e. The molecule has 5 rings (SSSR count). The number of rotatable bonds is 10. The fourth-order valence-corrected chi connectivity index (χ4v) is 5.30. The van der Waals surface area contributed by atoms with Gasteiger partial charge in [0.15, 0.2) is 16.1 Å².